The molecule has 8 heteroatoms. The fourth-order valence-electron chi connectivity index (χ4n) is 2.83. The number of carbonyl (C=O) groups excluding carboxylic acids is 1. The lowest BCUT2D eigenvalue weighted by Crippen LogP contribution is -2.31. The van der Waals surface area contributed by atoms with Crippen LogP contribution in [0.25, 0.3) is 0 Å². The van der Waals surface area contributed by atoms with Crippen LogP contribution in [0.2, 0.25) is 5.02 Å². The lowest BCUT2D eigenvalue weighted by atomic mass is 10.2. The number of carbonyl (C=O) groups is 1. The van der Waals surface area contributed by atoms with Crippen molar-refractivity contribution < 1.29 is 17.6 Å². The van der Waals surface area contributed by atoms with E-state index in [-0.39, 0.29) is 27.7 Å². The van der Waals surface area contributed by atoms with Gasteiger partial charge in [0.2, 0.25) is 0 Å². The smallest absolute Gasteiger partial charge is 0.265 e. The van der Waals surface area contributed by atoms with Gasteiger partial charge in [-0.25, -0.2) is 12.8 Å². The average Bonchev–Trinajstić information content (AvgIpc) is 2.70. The van der Waals surface area contributed by atoms with Crippen molar-refractivity contribution in [1.29, 1.82) is 0 Å². The van der Waals surface area contributed by atoms with E-state index in [2.05, 4.69) is 5.32 Å². The summed E-state index contributed by atoms with van der Waals surface area (Å²) in [7, 11) is -3.99. The molecular weight excluding hydrogens is 415 g/mol. The van der Waals surface area contributed by atoms with E-state index in [9.17, 15) is 17.6 Å². The van der Waals surface area contributed by atoms with E-state index in [1.54, 1.807) is 37.3 Å². The minimum atomic E-state index is -3.99. The highest BCUT2D eigenvalue weighted by Crippen LogP contribution is 2.30. The van der Waals surface area contributed by atoms with Gasteiger partial charge in [0, 0.05) is 12.2 Å². The number of anilines is 2. The summed E-state index contributed by atoms with van der Waals surface area (Å²) in [6.45, 7) is 1.90. The highest BCUT2D eigenvalue weighted by Gasteiger charge is 2.26. The fourth-order valence-corrected chi connectivity index (χ4v) is 4.80. The number of hydrogen-bond donors (Lipinski definition) is 1. The fraction of sp³-hybridized carbons (Fsp3) is 0.0952. The average molecular weight is 433 g/mol. The van der Waals surface area contributed by atoms with Gasteiger partial charge in [-0.3, -0.25) is 9.10 Å². The van der Waals surface area contributed by atoms with Crippen LogP contribution >= 0.6 is 11.6 Å². The number of benzene rings is 3. The van der Waals surface area contributed by atoms with E-state index >= 15 is 0 Å². The number of halogens is 2. The molecule has 0 saturated carbocycles. The second-order valence-electron chi connectivity index (χ2n) is 6.08. The van der Waals surface area contributed by atoms with Crippen LogP contribution in [0.4, 0.5) is 15.8 Å². The van der Waals surface area contributed by atoms with Crippen LogP contribution in [0.3, 0.4) is 0 Å². The quantitative estimate of drug-likeness (QED) is 0.599. The Morgan fingerprint density at radius 1 is 1.03 bits per heavy atom. The molecule has 1 amide bonds. The molecule has 0 atom stereocenters. The minimum Gasteiger partial charge on any atom is -0.322 e. The number of hydrogen-bond acceptors (Lipinski definition) is 3. The lowest BCUT2D eigenvalue weighted by Gasteiger charge is -2.23. The van der Waals surface area contributed by atoms with Crippen molar-refractivity contribution in [3.8, 4) is 0 Å². The normalized spacial score (nSPS) is 11.1. The summed E-state index contributed by atoms with van der Waals surface area (Å²) in [6.07, 6.45) is 0. The molecular formula is C21H18ClFN2O3S. The Morgan fingerprint density at radius 2 is 1.69 bits per heavy atom. The number of nitrogens with one attached hydrogen (secondary N) is 1. The molecule has 0 saturated heterocycles. The van der Waals surface area contributed by atoms with Crippen molar-refractivity contribution in [3.05, 3.63) is 89.2 Å². The molecule has 0 aliphatic rings. The first-order valence-corrected chi connectivity index (χ1v) is 10.6. The highest BCUT2D eigenvalue weighted by molar-refractivity contribution is 7.93. The molecule has 29 heavy (non-hydrogen) atoms. The first-order chi connectivity index (χ1) is 13.8. The van der Waals surface area contributed by atoms with E-state index < -0.39 is 21.7 Å². The van der Waals surface area contributed by atoms with Crippen molar-refractivity contribution in [2.24, 2.45) is 0 Å². The Morgan fingerprint density at radius 3 is 2.34 bits per heavy atom. The van der Waals surface area contributed by atoms with E-state index in [1.165, 1.54) is 46.8 Å². The number of nitrogens with zero attached hydrogens (tertiary/aromatic N) is 1. The molecule has 0 radical (unpaired) electrons. The zero-order chi connectivity index (χ0) is 21.0. The van der Waals surface area contributed by atoms with Crippen molar-refractivity contribution in [3.63, 3.8) is 0 Å². The third kappa shape index (κ3) is 4.41. The van der Waals surface area contributed by atoms with Gasteiger partial charge in [0.15, 0.2) is 0 Å². The molecule has 0 heterocycles. The summed E-state index contributed by atoms with van der Waals surface area (Å²) in [5.74, 6) is -1.36. The first-order valence-electron chi connectivity index (χ1n) is 8.78. The van der Waals surface area contributed by atoms with Crippen molar-refractivity contribution in [2.45, 2.75) is 11.8 Å². The summed E-state index contributed by atoms with van der Waals surface area (Å²) in [4.78, 5) is 12.2. The van der Waals surface area contributed by atoms with Crippen molar-refractivity contribution in [2.75, 3.05) is 16.2 Å². The van der Waals surface area contributed by atoms with Crippen LogP contribution in [-0.2, 0) is 10.0 Å². The Hall–Kier alpha value is -2.90. The first kappa shape index (κ1) is 20.8. The summed E-state index contributed by atoms with van der Waals surface area (Å²) in [6, 6.07) is 18.2. The van der Waals surface area contributed by atoms with Gasteiger partial charge in [0.1, 0.15) is 10.7 Å². The third-order valence-corrected chi connectivity index (χ3v) is 6.59. The van der Waals surface area contributed by atoms with Gasteiger partial charge >= 0.3 is 0 Å². The molecule has 0 aliphatic carbocycles. The zero-order valence-corrected chi connectivity index (χ0v) is 17.0. The number of para-hydroxylation sites is 1. The maximum atomic E-state index is 13.8. The SMILES string of the molecule is CCN(c1ccccc1)S(=O)(=O)c1cc(NC(=O)c2ccccc2F)ccc1Cl. The Labute approximate surface area is 173 Å². The molecule has 5 nitrogen and oxygen atoms in total. The van der Waals surface area contributed by atoms with Crippen molar-refractivity contribution in [1.82, 2.24) is 0 Å². The maximum Gasteiger partial charge on any atom is 0.265 e. The van der Waals surface area contributed by atoms with Crippen LogP contribution in [0.15, 0.2) is 77.7 Å². The van der Waals surface area contributed by atoms with E-state index in [4.69, 9.17) is 11.6 Å². The minimum absolute atomic E-state index is 0.0169. The van der Waals surface area contributed by atoms with Crippen LogP contribution in [0.5, 0.6) is 0 Å². The summed E-state index contributed by atoms with van der Waals surface area (Å²) in [5.41, 5.74) is 0.531. The number of amides is 1. The molecule has 0 unspecified atom stereocenters. The Balaban J connectivity index is 1.96. The zero-order valence-electron chi connectivity index (χ0n) is 15.5. The van der Waals surface area contributed by atoms with Gasteiger partial charge in [-0.1, -0.05) is 41.9 Å². The second kappa shape index (κ2) is 8.63. The maximum absolute atomic E-state index is 13.8. The monoisotopic (exact) mass is 432 g/mol. The molecule has 0 aromatic heterocycles. The standard InChI is InChI=1S/C21H18ClFN2O3S/c1-2-25(16-8-4-3-5-9-16)29(27,28)20-14-15(12-13-18(20)22)24-21(26)17-10-6-7-11-19(17)23/h3-14H,2H2,1H3,(H,24,26). The predicted molar refractivity (Wildman–Crippen MR) is 112 cm³/mol. The summed E-state index contributed by atoms with van der Waals surface area (Å²) in [5, 5.41) is 2.53. The van der Waals surface area contributed by atoms with Gasteiger partial charge in [-0.05, 0) is 49.4 Å². The predicted octanol–water partition coefficient (Wildman–Crippen LogP) is 4.95. The van der Waals surface area contributed by atoms with Crippen LogP contribution in [0, 0.1) is 5.82 Å². The molecule has 0 bridgehead atoms. The Bertz CT molecular complexity index is 1140. The van der Waals surface area contributed by atoms with E-state index in [0.29, 0.717) is 5.69 Å². The molecule has 0 aliphatic heterocycles. The molecule has 1 N–H and O–H groups in total. The van der Waals surface area contributed by atoms with Crippen LogP contribution < -0.4 is 9.62 Å². The Kier molecular flexibility index (Phi) is 6.20. The molecule has 3 aromatic carbocycles. The molecule has 0 spiro atoms. The second-order valence-corrected chi connectivity index (χ2v) is 8.32. The van der Waals surface area contributed by atoms with Gasteiger partial charge < -0.3 is 5.32 Å². The van der Waals surface area contributed by atoms with E-state index in [1.807, 2.05) is 0 Å². The molecule has 3 rings (SSSR count). The number of sulfonamides is 1. The van der Waals surface area contributed by atoms with Crippen molar-refractivity contribution >= 4 is 38.9 Å². The van der Waals surface area contributed by atoms with Gasteiger partial charge in [0.05, 0.1) is 16.3 Å². The van der Waals surface area contributed by atoms with Gasteiger partial charge in [0.25, 0.3) is 15.9 Å². The number of rotatable bonds is 6. The largest absolute Gasteiger partial charge is 0.322 e. The lowest BCUT2D eigenvalue weighted by molar-refractivity contribution is 0.102. The molecule has 0 fully saturated rings. The van der Waals surface area contributed by atoms with E-state index in [0.717, 1.165) is 0 Å². The van der Waals surface area contributed by atoms with Crippen LogP contribution in [-0.4, -0.2) is 20.9 Å². The summed E-state index contributed by atoms with van der Waals surface area (Å²) < 4.78 is 41.5. The highest BCUT2D eigenvalue weighted by atomic mass is 35.5. The molecule has 3 aromatic rings. The summed E-state index contributed by atoms with van der Waals surface area (Å²) >= 11 is 6.17. The van der Waals surface area contributed by atoms with Gasteiger partial charge in [-0.15, -0.1) is 0 Å². The van der Waals surface area contributed by atoms with Crippen LogP contribution in [0.1, 0.15) is 17.3 Å². The topological polar surface area (TPSA) is 66.5 Å². The third-order valence-electron chi connectivity index (χ3n) is 4.21. The molecule has 150 valence electrons. The van der Waals surface area contributed by atoms with Gasteiger partial charge in [-0.2, -0.15) is 0 Å².